The van der Waals surface area contributed by atoms with E-state index in [0.717, 1.165) is 0 Å². The van der Waals surface area contributed by atoms with Gasteiger partial charge in [-0.25, -0.2) is 4.79 Å². The first-order valence-electron chi connectivity index (χ1n) is 8.74. The lowest BCUT2D eigenvalue weighted by Gasteiger charge is -2.43. The van der Waals surface area contributed by atoms with E-state index in [4.69, 9.17) is 18.9 Å². The Morgan fingerprint density at radius 1 is 1.00 bits per heavy atom. The van der Waals surface area contributed by atoms with E-state index in [1.807, 2.05) is 0 Å². The van der Waals surface area contributed by atoms with Crippen molar-refractivity contribution >= 4 is 6.16 Å². The highest BCUT2D eigenvalue weighted by molar-refractivity contribution is 5.59. The fourth-order valence-corrected chi connectivity index (χ4v) is 2.94. The van der Waals surface area contributed by atoms with Gasteiger partial charge >= 0.3 is 6.16 Å². The molecule has 2 rings (SSSR count). The van der Waals surface area contributed by atoms with E-state index in [0.29, 0.717) is 0 Å². The van der Waals surface area contributed by atoms with Crippen molar-refractivity contribution in [1.29, 1.82) is 0 Å². The number of hydrogen-bond acceptors (Lipinski definition) is 13. The van der Waals surface area contributed by atoms with Crippen LogP contribution in [0, 0.1) is 0 Å². The summed E-state index contributed by atoms with van der Waals surface area (Å²) in [7, 11) is 0. The molecule has 13 heteroatoms. The Kier molecular flexibility index (Phi) is 8.30. The minimum Gasteiger partial charge on any atom is -0.431 e. The van der Waals surface area contributed by atoms with Gasteiger partial charge < -0.3 is 59.4 Å². The average molecular weight is 426 g/mol. The zero-order chi connectivity index (χ0) is 21.8. The quantitative estimate of drug-likeness (QED) is 0.146. The largest absolute Gasteiger partial charge is 0.508 e. The van der Waals surface area contributed by atoms with Crippen LogP contribution in [0.5, 0.6) is 0 Å². The van der Waals surface area contributed by atoms with Crippen molar-refractivity contribution in [2.75, 3.05) is 26.4 Å². The van der Waals surface area contributed by atoms with Gasteiger partial charge in [0.05, 0.1) is 6.61 Å². The minimum atomic E-state index is -2.33. The molecule has 0 bridgehead atoms. The maximum atomic E-state index is 11.4. The molecule has 0 aliphatic carbocycles. The Morgan fingerprint density at radius 3 is 2.28 bits per heavy atom. The van der Waals surface area contributed by atoms with Crippen molar-refractivity contribution < 1.29 is 64.2 Å². The summed E-state index contributed by atoms with van der Waals surface area (Å²) in [5, 5.41) is 69.0. The van der Waals surface area contributed by atoms with E-state index in [1.54, 1.807) is 0 Å². The van der Waals surface area contributed by atoms with Gasteiger partial charge in [0.1, 0.15) is 62.5 Å². The van der Waals surface area contributed by atoms with Gasteiger partial charge in [-0.3, -0.25) is 0 Å². The normalized spacial score (nSPS) is 42.4. The maximum absolute atomic E-state index is 11.4. The van der Waals surface area contributed by atoms with Crippen LogP contribution in [0.25, 0.3) is 0 Å². The van der Waals surface area contributed by atoms with E-state index < -0.39 is 80.8 Å². The molecule has 0 unspecified atom stereocenters. The van der Waals surface area contributed by atoms with E-state index >= 15 is 0 Å². The molecule has 2 aliphatic rings. The van der Waals surface area contributed by atoms with Crippen LogP contribution in [0.1, 0.15) is 0 Å². The summed E-state index contributed by atoms with van der Waals surface area (Å²) < 4.78 is 25.1. The summed E-state index contributed by atoms with van der Waals surface area (Å²) in [6.45, 7) is 0.899. The van der Waals surface area contributed by atoms with Gasteiger partial charge in [0.25, 0.3) is 0 Å². The van der Waals surface area contributed by atoms with Crippen molar-refractivity contribution in [3.63, 3.8) is 0 Å². The van der Waals surface area contributed by atoms with Gasteiger partial charge in [-0.05, 0) is 0 Å². The topological polar surface area (TPSA) is 205 Å². The lowest BCUT2D eigenvalue weighted by molar-refractivity contribution is -0.383. The second kappa shape index (κ2) is 10.1. The number of aliphatic hydroxyl groups excluding tert-OH is 7. The molecule has 0 spiro atoms. The Hall–Kier alpha value is -1.39. The molecule has 0 aromatic carbocycles. The smallest absolute Gasteiger partial charge is 0.431 e. The van der Waals surface area contributed by atoms with Gasteiger partial charge in [0, 0.05) is 0 Å². The molecule has 9 atom stereocenters. The Morgan fingerprint density at radius 2 is 1.69 bits per heavy atom. The zero-order valence-corrected chi connectivity index (χ0v) is 15.3. The van der Waals surface area contributed by atoms with Crippen LogP contribution in [0.2, 0.25) is 0 Å². The highest BCUT2D eigenvalue weighted by atomic mass is 16.8. The second-order valence-corrected chi connectivity index (χ2v) is 6.54. The molecule has 0 amide bonds. The highest BCUT2D eigenvalue weighted by Crippen LogP contribution is 2.36. The molecule has 0 radical (unpaired) electrons. The average Bonchev–Trinajstić information content (AvgIpc) is 2.96. The van der Waals surface area contributed by atoms with Crippen molar-refractivity contribution in [2.45, 2.75) is 54.8 Å². The number of hydrogen-bond donors (Lipinski definition) is 7. The molecule has 2 saturated heterocycles. The molecule has 29 heavy (non-hydrogen) atoms. The molecular formula is C16H26O13. The van der Waals surface area contributed by atoms with E-state index in [9.17, 15) is 40.5 Å². The zero-order valence-electron chi connectivity index (χ0n) is 15.3. The van der Waals surface area contributed by atoms with Crippen LogP contribution >= 0.6 is 0 Å². The summed E-state index contributed by atoms with van der Waals surface area (Å²) in [4.78, 5) is 11.4. The molecule has 2 aliphatic heterocycles. The number of carbonyl (C=O) groups excluding carboxylic acids is 1. The van der Waals surface area contributed by atoms with Crippen LogP contribution in [0.15, 0.2) is 12.7 Å². The van der Waals surface area contributed by atoms with Crippen LogP contribution in [0.3, 0.4) is 0 Å². The van der Waals surface area contributed by atoms with Crippen molar-refractivity contribution in [2.24, 2.45) is 0 Å². The highest BCUT2D eigenvalue weighted by Gasteiger charge is 2.58. The summed E-state index contributed by atoms with van der Waals surface area (Å²) in [6, 6.07) is 0. The number of aliphatic hydroxyl groups is 7. The third-order valence-corrected chi connectivity index (χ3v) is 4.57. The summed E-state index contributed by atoms with van der Waals surface area (Å²) in [5.74, 6) is -2.33. The molecule has 7 N–H and O–H groups in total. The van der Waals surface area contributed by atoms with Crippen molar-refractivity contribution in [3.8, 4) is 0 Å². The Labute approximate surface area is 165 Å². The molecule has 0 saturated carbocycles. The monoisotopic (exact) mass is 426 g/mol. The predicted octanol–water partition coefficient (Wildman–Crippen LogP) is -4.05. The SMILES string of the molecule is C=CCOC(=O)OC[C@H]1O[C@@](CO)(O[C@H]2O[C@H](CO)[C@@H](O)[C@H](O)[C@H]2O)[C@@H](O)[C@@H]1O. The van der Waals surface area contributed by atoms with Gasteiger partial charge in [0.15, 0.2) is 6.29 Å². The van der Waals surface area contributed by atoms with Gasteiger partial charge in [-0.2, -0.15) is 0 Å². The fourth-order valence-electron chi connectivity index (χ4n) is 2.94. The first kappa shape index (κ1) is 23.9. The lowest BCUT2D eigenvalue weighted by Crippen LogP contribution is -2.62. The summed E-state index contributed by atoms with van der Waals surface area (Å²) in [6.07, 6.45) is -13.0. The summed E-state index contributed by atoms with van der Waals surface area (Å²) >= 11 is 0. The summed E-state index contributed by atoms with van der Waals surface area (Å²) in [5.41, 5.74) is 0. The first-order valence-corrected chi connectivity index (χ1v) is 8.74. The molecule has 0 aromatic heterocycles. The minimum absolute atomic E-state index is 0.115. The number of rotatable bonds is 8. The van der Waals surface area contributed by atoms with Gasteiger partial charge in [-0.1, -0.05) is 12.7 Å². The van der Waals surface area contributed by atoms with Crippen LogP contribution < -0.4 is 0 Å². The number of carbonyl (C=O) groups is 1. The molecule has 0 aromatic rings. The molecular weight excluding hydrogens is 400 g/mol. The standard InChI is InChI=1S/C16H26O13/c1-2-3-25-15(24)26-5-8-10(20)13(23)16(6-18,28-8)29-14-12(22)11(21)9(19)7(4-17)27-14/h2,7-14,17-23H,1,3-6H2/t7-,8-,9-,10-,11+,12-,13+,14-,16+/m1/s1. The molecule has 168 valence electrons. The second-order valence-electron chi connectivity index (χ2n) is 6.54. The van der Waals surface area contributed by atoms with Crippen molar-refractivity contribution in [1.82, 2.24) is 0 Å². The first-order chi connectivity index (χ1) is 13.7. The Balaban J connectivity index is 2.07. The van der Waals surface area contributed by atoms with E-state index in [1.165, 1.54) is 6.08 Å². The molecule has 2 heterocycles. The maximum Gasteiger partial charge on any atom is 0.508 e. The molecule has 2 fully saturated rings. The third-order valence-electron chi connectivity index (χ3n) is 4.57. The van der Waals surface area contributed by atoms with Gasteiger partial charge in [0.2, 0.25) is 5.79 Å². The van der Waals surface area contributed by atoms with E-state index in [-0.39, 0.29) is 6.61 Å². The van der Waals surface area contributed by atoms with Crippen LogP contribution in [-0.4, -0.2) is 123 Å². The van der Waals surface area contributed by atoms with Crippen LogP contribution in [-0.2, 0) is 23.7 Å². The molecule has 13 nitrogen and oxygen atoms in total. The Bertz CT molecular complexity index is 557. The number of ether oxygens (including phenoxy) is 5. The van der Waals surface area contributed by atoms with Crippen molar-refractivity contribution in [3.05, 3.63) is 12.7 Å². The lowest BCUT2D eigenvalue weighted by atomic mass is 9.99. The predicted molar refractivity (Wildman–Crippen MR) is 89.1 cm³/mol. The van der Waals surface area contributed by atoms with Crippen LogP contribution in [0.4, 0.5) is 4.79 Å². The van der Waals surface area contributed by atoms with E-state index in [2.05, 4.69) is 11.3 Å². The fraction of sp³-hybridized carbons (Fsp3) is 0.812. The third kappa shape index (κ3) is 5.03. The van der Waals surface area contributed by atoms with Gasteiger partial charge in [-0.15, -0.1) is 0 Å².